The van der Waals surface area contributed by atoms with Crippen LogP contribution in [-0.2, 0) is 11.4 Å². The minimum Gasteiger partial charge on any atom is -0.379 e. The fraction of sp³-hybridized carbons (Fsp3) is 0.632. The van der Waals surface area contributed by atoms with Gasteiger partial charge in [0.2, 0.25) is 0 Å². The molecule has 140 valence electrons. The lowest BCUT2D eigenvalue weighted by molar-refractivity contribution is 0.0209. The van der Waals surface area contributed by atoms with Crippen LogP contribution in [0.15, 0.2) is 24.5 Å². The van der Waals surface area contributed by atoms with E-state index in [1.165, 1.54) is 25.7 Å². The van der Waals surface area contributed by atoms with Crippen LogP contribution in [0.3, 0.4) is 0 Å². The monoisotopic (exact) mass is 373 g/mol. The van der Waals surface area contributed by atoms with Crippen LogP contribution in [0.5, 0.6) is 0 Å². The third-order valence-corrected chi connectivity index (χ3v) is 6.03. The SMILES string of the molecule is C[C@H]1CCCC[C@@H]1n1c(-c2cccnc2)nn(CN2CCOCC2)c1=S. The molecule has 3 heterocycles. The molecule has 2 aliphatic rings. The first-order chi connectivity index (χ1) is 12.7. The van der Waals surface area contributed by atoms with Crippen LogP contribution in [0.2, 0.25) is 0 Å². The van der Waals surface area contributed by atoms with Crippen molar-refractivity contribution in [2.45, 2.75) is 45.3 Å². The van der Waals surface area contributed by atoms with Crippen molar-refractivity contribution in [1.29, 1.82) is 0 Å². The van der Waals surface area contributed by atoms with Crippen molar-refractivity contribution < 1.29 is 4.74 Å². The Balaban J connectivity index is 1.73. The van der Waals surface area contributed by atoms with E-state index in [4.69, 9.17) is 22.1 Å². The van der Waals surface area contributed by atoms with Crippen molar-refractivity contribution in [1.82, 2.24) is 24.2 Å². The largest absolute Gasteiger partial charge is 0.379 e. The fourth-order valence-corrected chi connectivity index (χ4v) is 4.44. The van der Waals surface area contributed by atoms with Gasteiger partial charge >= 0.3 is 0 Å². The van der Waals surface area contributed by atoms with Crippen LogP contribution < -0.4 is 0 Å². The molecule has 0 radical (unpaired) electrons. The summed E-state index contributed by atoms with van der Waals surface area (Å²) in [6.07, 6.45) is 8.70. The molecule has 2 aromatic heterocycles. The van der Waals surface area contributed by atoms with Crippen LogP contribution in [0, 0.1) is 10.7 Å². The normalized spacial score (nSPS) is 24.7. The molecule has 4 rings (SSSR count). The standard InChI is InChI=1S/C19H27N5OS/c1-15-5-2-3-7-17(15)24-18(16-6-4-8-20-13-16)21-23(19(24)26)14-22-9-11-25-12-10-22/h4,6,8,13,15,17H,2-3,5,7,9-12,14H2,1H3/t15-,17-/m0/s1. The van der Waals surface area contributed by atoms with Gasteiger partial charge in [0, 0.05) is 37.1 Å². The zero-order valence-electron chi connectivity index (χ0n) is 15.4. The van der Waals surface area contributed by atoms with E-state index in [1.807, 2.05) is 16.9 Å². The lowest BCUT2D eigenvalue weighted by atomic mass is 9.85. The summed E-state index contributed by atoms with van der Waals surface area (Å²) in [6, 6.07) is 4.46. The van der Waals surface area contributed by atoms with Crippen molar-refractivity contribution in [3.05, 3.63) is 29.3 Å². The van der Waals surface area contributed by atoms with E-state index in [1.54, 1.807) is 6.20 Å². The number of hydrogen-bond acceptors (Lipinski definition) is 5. The molecule has 1 aliphatic carbocycles. The third-order valence-electron chi connectivity index (χ3n) is 5.63. The van der Waals surface area contributed by atoms with Crippen LogP contribution in [0.4, 0.5) is 0 Å². The average molecular weight is 374 g/mol. The highest BCUT2D eigenvalue weighted by atomic mass is 32.1. The van der Waals surface area contributed by atoms with Gasteiger partial charge < -0.3 is 4.74 Å². The first kappa shape index (κ1) is 17.8. The Bertz CT molecular complexity index is 781. The summed E-state index contributed by atoms with van der Waals surface area (Å²) in [5.74, 6) is 1.57. The Morgan fingerprint density at radius 2 is 2.04 bits per heavy atom. The van der Waals surface area contributed by atoms with E-state index >= 15 is 0 Å². The molecule has 7 heteroatoms. The second-order valence-corrected chi connectivity index (χ2v) is 7.78. The van der Waals surface area contributed by atoms with E-state index in [2.05, 4.69) is 27.4 Å². The summed E-state index contributed by atoms with van der Waals surface area (Å²) in [5.41, 5.74) is 1.04. The van der Waals surface area contributed by atoms with Gasteiger partial charge in [0.1, 0.15) is 0 Å². The van der Waals surface area contributed by atoms with Gasteiger partial charge in [0.05, 0.1) is 19.9 Å². The van der Waals surface area contributed by atoms with Gasteiger partial charge in [-0.25, -0.2) is 4.68 Å². The molecule has 0 aromatic carbocycles. The maximum absolute atomic E-state index is 5.90. The van der Waals surface area contributed by atoms with Gasteiger partial charge in [-0.2, -0.15) is 5.10 Å². The molecule has 0 N–H and O–H groups in total. The summed E-state index contributed by atoms with van der Waals surface area (Å²) in [5, 5.41) is 4.94. The molecular formula is C19H27N5OS. The minimum absolute atomic E-state index is 0.421. The zero-order valence-corrected chi connectivity index (χ0v) is 16.2. The van der Waals surface area contributed by atoms with E-state index < -0.39 is 0 Å². The maximum atomic E-state index is 5.90. The number of ether oxygens (including phenoxy) is 1. The number of aromatic nitrogens is 4. The molecule has 1 saturated heterocycles. The summed E-state index contributed by atoms with van der Waals surface area (Å²) in [7, 11) is 0. The molecule has 26 heavy (non-hydrogen) atoms. The molecule has 1 aliphatic heterocycles. The predicted octanol–water partition coefficient (Wildman–Crippen LogP) is 3.52. The van der Waals surface area contributed by atoms with Crippen molar-refractivity contribution >= 4 is 12.2 Å². The average Bonchev–Trinajstić information content (AvgIpc) is 3.00. The Hall–Kier alpha value is -1.57. The topological polar surface area (TPSA) is 48.1 Å². The fourth-order valence-electron chi connectivity index (χ4n) is 4.12. The first-order valence-electron chi connectivity index (χ1n) is 9.64. The molecule has 0 unspecified atom stereocenters. The molecule has 1 saturated carbocycles. The van der Waals surface area contributed by atoms with Gasteiger partial charge in [-0.1, -0.05) is 19.8 Å². The van der Waals surface area contributed by atoms with Crippen molar-refractivity contribution in [2.75, 3.05) is 26.3 Å². The molecule has 2 atom stereocenters. The van der Waals surface area contributed by atoms with Crippen molar-refractivity contribution in [2.24, 2.45) is 5.92 Å². The molecular weight excluding hydrogens is 346 g/mol. The first-order valence-corrected chi connectivity index (χ1v) is 10.0. The lowest BCUT2D eigenvalue weighted by Gasteiger charge is -2.30. The van der Waals surface area contributed by atoms with Gasteiger partial charge in [-0.3, -0.25) is 14.5 Å². The summed E-state index contributed by atoms with van der Waals surface area (Å²) >= 11 is 5.90. The zero-order chi connectivity index (χ0) is 17.9. The van der Waals surface area contributed by atoms with Gasteiger partial charge in [0.25, 0.3) is 0 Å². The van der Waals surface area contributed by atoms with Crippen LogP contribution in [0.1, 0.15) is 38.6 Å². The summed E-state index contributed by atoms with van der Waals surface area (Å²) in [4.78, 5) is 6.65. The third kappa shape index (κ3) is 3.61. The summed E-state index contributed by atoms with van der Waals surface area (Å²) < 4.78 is 10.6. The second kappa shape index (κ2) is 7.98. The van der Waals surface area contributed by atoms with Gasteiger partial charge in [0.15, 0.2) is 10.6 Å². The van der Waals surface area contributed by atoms with Gasteiger partial charge in [-0.15, -0.1) is 0 Å². The molecule has 0 spiro atoms. The molecule has 0 amide bonds. The summed E-state index contributed by atoms with van der Waals surface area (Å²) in [6.45, 7) is 6.49. The van der Waals surface area contributed by atoms with Crippen LogP contribution >= 0.6 is 12.2 Å². The highest BCUT2D eigenvalue weighted by molar-refractivity contribution is 7.71. The van der Waals surface area contributed by atoms with Crippen molar-refractivity contribution in [3.8, 4) is 11.4 Å². The van der Waals surface area contributed by atoms with Gasteiger partial charge in [-0.05, 0) is 43.1 Å². The molecule has 0 bridgehead atoms. The predicted molar refractivity (Wildman–Crippen MR) is 103 cm³/mol. The van der Waals surface area contributed by atoms with Crippen LogP contribution in [-0.4, -0.2) is 50.5 Å². The van der Waals surface area contributed by atoms with E-state index in [9.17, 15) is 0 Å². The van der Waals surface area contributed by atoms with E-state index in [0.29, 0.717) is 12.0 Å². The highest BCUT2D eigenvalue weighted by Crippen LogP contribution is 2.36. The number of morpholine rings is 1. The van der Waals surface area contributed by atoms with E-state index in [0.717, 1.165) is 49.1 Å². The molecule has 2 fully saturated rings. The Kier molecular flexibility index (Phi) is 5.47. The Morgan fingerprint density at radius 3 is 2.77 bits per heavy atom. The van der Waals surface area contributed by atoms with E-state index in [-0.39, 0.29) is 0 Å². The lowest BCUT2D eigenvalue weighted by Crippen LogP contribution is -2.37. The van der Waals surface area contributed by atoms with Crippen LogP contribution in [0.25, 0.3) is 11.4 Å². The smallest absolute Gasteiger partial charge is 0.199 e. The highest BCUT2D eigenvalue weighted by Gasteiger charge is 2.28. The number of hydrogen-bond donors (Lipinski definition) is 0. The number of rotatable bonds is 4. The number of nitrogens with zero attached hydrogens (tertiary/aromatic N) is 5. The maximum Gasteiger partial charge on any atom is 0.199 e. The molecule has 6 nitrogen and oxygen atoms in total. The number of pyridine rings is 1. The molecule has 2 aromatic rings. The quantitative estimate of drug-likeness (QED) is 0.768. The second-order valence-electron chi connectivity index (χ2n) is 7.42. The minimum atomic E-state index is 0.421. The van der Waals surface area contributed by atoms with Crippen molar-refractivity contribution in [3.63, 3.8) is 0 Å². The Morgan fingerprint density at radius 1 is 1.23 bits per heavy atom. The Labute approximate surface area is 159 Å².